The van der Waals surface area contributed by atoms with Crippen molar-refractivity contribution in [2.24, 2.45) is 0 Å². The first kappa shape index (κ1) is 16.7. The van der Waals surface area contributed by atoms with Crippen LogP contribution in [-0.4, -0.2) is 39.8 Å². The fourth-order valence-corrected chi connectivity index (χ4v) is 5.14. The van der Waals surface area contributed by atoms with E-state index in [1.54, 1.807) is 17.7 Å². The van der Waals surface area contributed by atoms with Crippen LogP contribution < -0.4 is 4.90 Å². The second-order valence-corrected chi connectivity index (χ2v) is 7.92. The fraction of sp³-hybridized carbons (Fsp3) is 0.526. The first-order valence-electron chi connectivity index (χ1n) is 9.10. The highest BCUT2D eigenvalue weighted by molar-refractivity contribution is 7.26. The van der Waals surface area contributed by atoms with Crippen LogP contribution in [0.25, 0.3) is 20.4 Å². The smallest absolute Gasteiger partial charge is 0.150 e. The molecule has 0 spiro atoms. The number of aliphatic hydroxyl groups excluding tert-OH is 1. The van der Waals surface area contributed by atoms with E-state index in [9.17, 15) is 5.11 Å². The minimum Gasteiger partial charge on any atom is -0.395 e. The number of nitrogens with zero attached hydrogens (tertiary/aromatic N) is 4. The van der Waals surface area contributed by atoms with Gasteiger partial charge in [0.25, 0.3) is 0 Å². The molecule has 5 nitrogen and oxygen atoms in total. The summed E-state index contributed by atoms with van der Waals surface area (Å²) in [5, 5.41) is 10.6. The molecule has 4 rings (SSSR count). The zero-order chi connectivity index (χ0) is 17.6. The molecule has 3 aromatic rings. The van der Waals surface area contributed by atoms with Crippen molar-refractivity contribution in [3.8, 4) is 0 Å². The molecule has 0 fully saturated rings. The van der Waals surface area contributed by atoms with Crippen LogP contribution in [0.3, 0.4) is 0 Å². The van der Waals surface area contributed by atoms with Gasteiger partial charge in [-0.05, 0) is 43.2 Å². The molecular weight excluding hydrogens is 332 g/mol. The minimum atomic E-state index is 0.120. The van der Waals surface area contributed by atoms with Crippen LogP contribution in [-0.2, 0) is 12.8 Å². The Bertz CT molecular complexity index is 934. The van der Waals surface area contributed by atoms with E-state index in [1.165, 1.54) is 28.6 Å². The second kappa shape index (κ2) is 6.50. The van der Waals surface area contributed by atoms with Crippen molar-refractivity contribution in [1.82, 2.24) is 15.0 Å². The van der Waals surface area contributed by atoms with Crippen LogP contribution >= 0.6 is 11.3 Å². The summed E-state index contributed by atoms with van der Waals surface area (Å²) in [4.78, 5) is 17.4. The third-order valence-electron chi connectivity index (χ3n) is 5.08. The van der Waals surface area contributed by atoms with E-state index >= 15 is 0 Å². The van der Waals surface area contributed by atoms with Crippen LogP contribution in [0.4, 0.5) is 5.82 Å². The lowest BCUT2D eigenvalue weighted by atomic mass is 9.99. The van der Waals surface area contributed by atoms with Crippen LogP contribution in [0.15, 0.2) is 6.33 Å². The number of aryl methyl sites for hydroxylation is 1. The van der Waals surface area contributed by atoms with Crippen molar-refractivity contribution in [1.29, 1.82) is 0 Å². The number of fused-ring (bicyclic) bond motifs is 5. The van der Waals surface area contributed by atoms with Gasteiger partial charge in [-0.15, -0.1) is 11.3 Å². The Hall–Kier alpha value is -1.79. The third kappa shape index (κ3) is 2.59. The monoisotopic (exact) mass is 356 g/mol. The van der Waals surface area contributed by atoms with E-state index in [-0.39, 0.29) is 6.61 Å². The molecule has 3 aromatic heterocycles. The molecule has 0 aliphatic heterocycles. The van der Waals surface area contributed by atoms with Gasteiger partial charge >= 0.3 is 0 Å². The standard InChI is InChI=1S/C19H24N4OS/c1-4-23(8-9-24)18-17-16(20-10-21-18)14-12-6-5-7-13(12)15(11(2)3)22-19(14)25-17/h10-11,24H,4-9H2,1-3H3. The summed E-state index contributed by atoms with van der Waals surface area (Å²) in [5.74, 6) is 1.36. The Morgan fingerprint density at radius 1 is 1.24 bits per heavy atom. The number of pyridine rings is 1. The van der Waals surface area contributed by atoms with Crippen molar-refractivity contribution >= 4 is 37.6 Å². The summed E-state index contributed by atoms with van der Waals surface area (Å²) in [6.45, 7) is 8.05. The normalized spacial score (nSPS) is 14.0. The highest BCUT2D eigenvalue weighted by atomic mass is 32.1. The van der Waals surface area contributed by atoms with E-state index in [2.05, 4.69) is 35.6 Å². The average Bonchev–Trinajstić information content (AvgIpc) is 3.22. The average molecular weight is 356 g/mol. The number of aromatic nitrogens is 3. The summed E-state index contributed by atoms with van der Waals surface area (Å²) in [5.41, 5.74) is 5.19. The van der Waals surface area contributed by atoms with Crippen molar-refractivity contribution in [3.63, 3.8) is 0 Å². The molecule has 0 unspecified atom stereocenters. The second-order valence-electron chi connectivity index (χ2n) is 6.92. The summed E-state index contributed by atoms with van der Waals surface area (Å²) < 4.78 is 1.09. The number of hydrogen-bond acceptors (Lipinski definition) is 6. The van der Waals surface area contributed by atoms with Gasteiger partial charge in [-0.25, -0.2) is 15.0 Å². The van der Waals surface area contributed by atoms with Gasteiger partial charge < -0.3 is 10.0 Å². The quantitative estimate of drug-likeness (QED) is 0.756. The van der Waals surface area contributed by atoms with Gasteiger partial charge in [-0.2, -0.15) is 0 Å². The van der Waals surface area contributed by atoms with Crippen molar-refractivity contribution in [2.75, 3.05) is 24.6 Å². The molecule has 0 aromatic carbocycles. The number of aliphatic hydroxyl groups is 1. The van der Waals surface area contributed by atoms with E-state index in [1.807, 2.05) is 0 Å². The lowest BCUT2D eigenvalue weighted by molar-refractivity contribution is 0.302. The zero-order valence-electron chi connectivity index (χ0n) is 15.0. The SMILES string of the molecule is CCN(CCO)c1ncnc2c1sc1nc(C(C)C)c3c(c12)CCC3. The molecule has 0 atom stereocenters. The molecule has 132 valence electrons. The molecule has 0 bridgehead atoms. The number of anilines is 1. The molecule has 0 saturated heterocycles. The van der Waals surface area contributed by atoms with Crippen LogP contribution in [0.1, 0.15) is 49.9 Å². The maximum atomic E-state index is 9.37. The molecule has 6 heteroatoms. The largest absolute Gasteiger partial charge is 0.395 e. The van der Waals surface area contributed by atoms with Gasteiger partial charge in [-0.1, -0.05) is 13.8 Å². The van der Waals surface area contributed by atoms with Gasteiger partial charge in [0.1, 0.15) is 17.0 Å². The molecular formula is C19H24N4OS. The highest BCUT2D eigenvalue weighted by Gasteiger charge is 2.25. The Morgan fingerprint density at radius 2 is 2.04 bits per heavy atom. The molecule has 1 N–H and O–H groups in total. The van der Waals surface area contributed by atoms with E-state index in [0.29, 0.717) is 12.5 Å². The van der Waals surface area contributed by atoms with Crippen molar-refractivity contribution in [3.05, 3.63) is 23.1 Å². The summed E-state index contributed by atoms with van der Waals surface area (Å²) in [7, 11) is 0. The first-order chi connectivity index (χ1) is 12.2. The van der Waals surface area contributed by atoms with E-state index in [4.69, 9.17) is 4.98 Å². The minimum absolute atomic E-state index is 0.120. The maximum absolute atomic E-state index is 9.37. The molecule has 1 aliphatic carbocycles. The Morgan fingerprint density at radius 3 is 2.76 bits per heavy atom. The van der Waals surface area contributed by atoms with Gasteiger partial charge in [0.05, 0.1) is 16.8 Å². The fourth-order valence-electron chi connectivity index (χ4n) is 3.95. The lowest BCUT2D eigenvalue weighted by Crippen LogP contribution is -2.27. The predicted octanol–water partition coefficient (Wildman–Crippen LogP) is 3.67. The summed E-state index contributed by atoms with van der Waals surface area (Å²) in [6.07, 6.45) is 5.11. The number of likely N-dealkylation sites (N-methyl/N-ethyl adjacent to an activating group) is 1. The molecule has 3 heterocycles. The molecule has 0 radical (unpaired) electrons. The zero-order valence-corrected chi connectivity index (χ0v) is 15.9. The van der Waals surface area contributed by atoms with Crippen LogP contribution in [0.2, 0.25) is 0 Å². The van der Waals surface area contributed by atoms with Crippen molar-refractivity contribution in [2.45, 2.75) is 46.0 Å². The van der Waals surface area contributed by atoms with Crippen molar-refractivity contribution < 1.29 is 5.11 Å². The van der Waals surface area contributed by atoms with Crippen LogP contribution in [0.5, 0.6) is 0 Å². The molecule has 0 amide bonds. The number of thiophene rings is 1. The number of hydrogen-bond donors (Lipinski definition) is 1. The predicted molar refractivity (Wildman–Crippen MR) is 104 cm³/mol. The Balaban J connectivity index is 2.02. The van der Waals surface area contributed by atoms with Crippen LogP contribution in [0, 0.1) is 0 Å². The molecule has 25 heavy (non-hydrogen) atoms. The topological polar surface area (TPSA) is 62.1 Å². The van der Waals surface area contributed by atoms with Gasteiger partial charge in [0, 0.05) is 24.2 Å². The van der Waals surface area contributed by atoms with Gasteiger partial charge in [0.2, 0.25) is 0 Å². The first-order valence-corrected chi connectivity index (χ1v) is 9.92. The maximum Gasteiger partial charge on any atom is 0.150 e. The third-order valence-corrected chi connectivity index (χ3v) is 6.15. The Labute approximate surface area is 151 Å². The number of rotatable bonds is 5. The van der Waals surface area contributed by atoms with Gasteiger partial charge in [0.15, 0.2) is 0 Å². The summed E-state index contributed by atoms with van der Waals surface area (Å²) in [6, 6.07) is 0. The molecule has 1 aliphatic rings. The Kier molecular flexibility index (Phi) is 4.33. The highest BCUT2D eigenvalue weighted by Crippen LogP contribution is 2.42. The lowest BCUT2D eigenvalue weighted by Gasteiger charge is -2.20. The van der Waals surface area contributed by atoms with Gasteiger partial charge in [-0.3, -0.25) is 0 Å². The summed E-state index contributed by atoms with van der Waals surface area (Å²) >= 11 is 1.70. The van der Waals surface area contributed by atoms with E-state index in [0.717, 1.165) is 40.3 Å². The van der Waals surface area contributed by atoms with E-state index < -0.39 is 0 Å². The molecule has 0 saturated carbocycles.